The van der Waals surface area contributed by atoms with Crippen LogP contribution < -0.4 is 5.32 Å². The number of benzene rings is 1. The Kier molecular flexibility index (Phi) is 5.09. The summed E-state index contributed by atoms with van der Waals surface area (Å²) in [6, 6.07) is 9.25. The molecule has 0 spiro atoms. The van der Waals surface area contributed by atoms with Crippen LogP contribution in [0.15, 0.2) is 30.3 Å². The fourth-order valence-electron chi connectivity index (χ4n) is 3.16. The van der Waals surface area contributed by atoms with Crippen LogP contribution in [0.25, 0.3) is 0 Å². The number of hydrogen-bond acceptors (Lipinski definition) is 2. The first-order valence-electron chi connectivity index (χ1n) is 8.34. The van der Waals surface area contributed by atoms with E-state index in [0.29, 0.717) is 10.9 Å². The molecule has 5 nitrogen and oxygen atoms in total. The average molecular weight is 347 g/mol. The van der Waals surface area contributed by atoms with Crippen LogP contribution in [-0.4, -0.2) is 33.8 Å². The summed E-state index contributed by atoms with van der Waals surface area (Å²) in [6.45, 7) is 6.61. The summed E-state index contributed by atoms with van der Waals surface area (Å²) in [5.41, 5.74) is 3.04. The molecule has 3 rings (SSSR count). The number of amides is 2. The zero-order valence-electron chi connectivity index (χ0n) is 14.1. The monoisotopic (exact) mass is 346 g/mol. The summed E-state index contributed by atoms with van der Waals surface area (Å²) >= 11 is 5.86. The Morgan fingerprint density at radius 3 is 2.50 bits per heavy atom. The van der Waals surface area contributed by atoms with Crippen molar-refractivity contribution in [1.82, 2.24) is 14.7 Å². The van der Waals surface area contributed by atoms with Crippen molar-refractivity contribution in [3.63, 3.8) is 0 Å². The molecule has 0 atom stereocenters. The van der Waals surface area contributed by atoms with Crippen LogP contribution in [0.2, 0.25) is 5.02 Å². The van der Waals surface area contributed by atoms with Crippen LogP contribution >= 0.6 is 11.6 Å². The molecule has 1 aliphatic rings. The van der Waals surface area contributed by atoms with Crippen molar-refractivity contribution in [3.05, 3.63) is 46.7 Å². The second-order valence-corrected chi connectivity index (χ2v) is 6.91. The van der Waals surface area contributed by atoms with Crippen molar-refractivity contribution in [2.75, 3.05) is 18.4 Å². The lowest BCUT2D eigenvalue weighted by molar-refractivity contribution is 0.175. The SMILES string of the molecule is Cc1cc(C)n(CC2CCN(C(=O)Nc3ccc(Cl)cc3)CC2)n1. The third-order valence-electron chi connectivity index (χ3n) is 4.53. The molecule has 2 aromatic rings. The Morgan fingerprint density at radius 2 is 1.92 bits per heavy atom. The van der Waals surface area contributed by atoms with E-state index in [4.69, 9.17) is 11.6 Å². The average Bonchev–Trinajstić information content (AvgIpc) is 2.88. The van der Waals surface area contributed by atoms with Gasteiger partial charge in [-0.3, -0.25) is 4.68 Å². The van der Waals surface area contributed by atoms with E-state index >= 15 is 0 Å². The lowest BCUT2D eigenvalue weighted by Gasteiger charge is -2.32. The maximum absolute atomic E-state index is 12.3. The van der Waals surface area contributed by atoms with Crippen molar-refractivity contribution >= 4 is 23.3 Å². The fourth-order valence-corrected chi connectivity index (χ4v) is 3.28. The highest BCUT2D eigenvalue weighted by Gasteiger charge is 2.23. The van der Waals surface area contributed by atoms with Gasteiger partial charge in [0.15, 0.2) is 0 Å². The first-order chi connectivity index (χ1) is 11.5. The molecule has 0 aliphatic carbocycles. The number of urea groups is 1. The topological polar surface area (TPSA) is 50.2 Å². The quantitative estimate of drug-likeness (QED) is 0.909. The Balaban J connectivity index is 1.50. The van der Waals surface area contributed by atoms with E-state index in [1.165, 1.54) is 5.69 Å². The molecule has 1 saturated heterocycles. The van der Waals surface area contributed by atoms with Crippen LogP contribution in [0.5, 0.6) is 0 Å². The minimum atomic E-state index is -0.0399. The van der Waals surface area contributed by atoms with E-state index in [2.05, 4.69) is 28.1 Å². The highest BCUT2D eigenvalue weighted by Crippen LogP contribution is 2.21. The van der Waals surface area contributed by atoms with Gasteiger partial charge in [0.25, 0.3) is 0 Å². The number of halogens is 1. The van der Waals surface area contributed by atoms with Gasteiger partial charge in [-0.05, 0) is 62.9 Å². The first kappa shape index (κ1) is 16.8. The number of anilines is 1. The third kappa shape index (κ3) is 4.09. The number of hydrogen-bond donors (Lipinski definition) is 1. The number of carbonyl (C=O) groups excluding carboxylic acids is 1. The Labute approximate surface area is 147 Å². The van der Waals surface area contributed by atoms with Gasteiger partial charge in [0, 0.05) is 36.0 Å². The smallest absolute Gasteiger partial charge is 0.321 e. The van der Waals surface area contributed by atoms with Gasteiger partial charge in [-0.15, -0.1) is 0 Å². The molecule has 24 heavy (non-hydrogen) atoms. The molecule has 0 bridgehead atoms. The van der Waals surface area contributed by atoms with Crippen LogP contribution in [-0.2, 0) is 6.54 Å². The zero-order valence-corrected chi connectivity index (χ0v) is 14.9. The predicted octanol–water partition coefficient (Wildman–Crippen LogP) is 4.10. The van der Waals surface area contributed by atoms with E-state index in [9.17, 15) is 4.79 Å². The molecular formula is C18H23ClN4O. The van der Waals surface area contributed by atoms with Gasteiger partial charge in [-0.1, -0.05) is 11.6 Å². The number of nitrogens with zero attached hydrogens (tertiary/aromatic N) is 3. The molecule has 2 amide bonds. The lowest BCUT2D eigenvalue weighted by atomic mass is 9.97. The molecule has 0 saturated carbocycles. The second kappa shape index (κ2) is 7.26. The number of nitrogens with one attached hydrogen (secondary N) is 1. The summed E-state index contributed by atoms with van der Waals surface area (Å²) in [7, 11) is 0. The summed E-state index contributed by atoms with van der Waals surface area (Å²) in [5, 5.41) is 8.13. The van der Waals surface area contributed by atoms with Crippen molar-refractivity contribution in [1.29, 1.82) is 0 Å². The Morgan fingerprint density at radius 1 is 1.25 bits per heavy atom. The maximum Gasteiger partial charge on any atom is 0.321 e. The van der Waals surface area contributed by atoms with Gasteiger partial charge in [0.2, 0.25) is 0 Å². The number of aromatic nitrogens is 2. The van der Waals surface area contributed by atoms with Crippen molar-refractivity contribution < 1.29 is 4.79 Å². The molecule has 0 radical (unpaired) electrons. The van der Waals surface area contributed by atoms with Gasteiger partial charge in [-0.2, -0.15) is 5.10 Å². The fraction of sp³-hybridized carbons (Fsp3) is 0.444. The summed E-state index contributed by atoms with van der Waals surface area (Å²) in [4.78, 5) is 14.2. The highest BCUT2D eigenvalue weighted by atomic mass is 35.5. The van der Waals surface area contributed by atoms with Crippen molar-refractivity contribution in [2.24, 2.45) is 5.92 Å². The summed E-state index contributed by atoms with van der Waals surface area (Å²) < 4.78 is 2.09. The second-order valence-electron chi connectivity index (χ2n) is 6.48. The lowest BCUT2D eigenvalue weighted by Crippen LogP contribution is -2.41. The molecule has 128 valence electrons. The number of rotatable bonds is 3. The summed E-state index contributed by atoms with van der Waals surface area (Å²) in [5.74, 6) is 0.572. The zero-order chi connectivity index (χ0) is 17.1. The van der Waals surface area contributed by atoms with E-state index < -0.39 is 0 Å². The molecule has 1 N–H and O–H groups in total. The molecule has 1 fully saturated rings. The van der Waals surface area contributed by atoms with Gasteiger partial charge < -0.3 is 10.2 Å². The number of carbonyl (C=O) groups is 1. The first-order valence-corrected chi connectivity index (χ1v) is 8.71. The van der Waals surface area contributed by atoms with E-state index in [1.54, 1.807) is 12.1 Å². The Hall–Kier alpha value is -2.01. The van der Waals surface area contributed by atoms with Crippen LogP contribution in [0, 0.1) is 19.8 Å². The molecular weight excluding hydrogens is 324 g/mol. The van der Waals surface area contributed by atoms with Crippen molar-refractivity contribution in [2.45, 2.75) is 33.2 Å². The predicted molar refractivity (Wildman–Crippen MR) is 96.5 cm³/mol. The minimum Gasteiger partial charge on any atom is -0.325 e. The normalized spacial score (nSPS) is 15.5. The van der Waals surface area contributed by atoms with Crippen molar-refractivity contribution in [3.8, 4) is 0 Å². The molecule has 1 aromatic carbocycles. The number of piperidine rings is 1. The van der Waals surface area contributed by atoms with Gasteiger partial charge in [0.05, 0.1) is 5.69 Å². The van der Waals surface area contributed by atoms with E-state index in [0.717, 1.165) is 43.9 Å². The highest BCUT2D eigenvalue weighted by molar-refractivity contribution is 6.30. The molecule has 0 unspecified atom stereocenters. The maximum atomic E-state index is 12.3. The standard InChI is InChI=1S/C18H23ClN4O/c1-13-11-14(2)23(21-13)12-15-7-9-22(10-8-15)18(24)20-17-5-3-16(19)4-6-17/h3-6,11,15H,7-10,12H2,1-2H3,(H,20,24). The van der Waals surface area contributed by atoms with Gasteiger partial charge in [0.1, 0.15) is 0 Å². The third-order valence-corrected chi connectivity index (χ3v) is 4.78. The van der Waals surface area contributed by atoms with Gasteiger partial charge >= 0.3 is 6.03 Å². The largest absolute Gasteiger partial charge is 0.325 e. The van der Waals surface area contributed by atoms with E-state index in [1.807, 2.05) is 24.0 Å². The molecule has 6 heteroatoms. The molecule has 2 heterocycles. The number of likely N-dealkylation sites (tertiary alicyclic amines) is 1. The number of aryl methyl sites for hydroxylation is 2. The van der Waals surface area contributed by atoms with Gasteiger partial charge in [-0.25, -0.2) is 4.79 Å². The molecule has 1 aromatic heterocycles. The van der Waals surface area contributed by atoms with Crippen LogP contribution in [0.1, 0.15) is 24.2 Å². The van der Waals surface area contributed by atoms with Crippen LogP contribution in [0.3, 0.4) is 0 Å². The van der Waals surface area contributed by atoms with E-state index in [-0.39, 0.29) is 6.03 Å². The summed E-state index contributed by atoms with van der Waals surface area (Å²) in [6.07, 6.45) is 2.01. The minimum absolute atomic E-state index is 0.0399. The Bertz CT molecular complexity index is 702. The van der Waals surface area contributed by atoms with Crippen LogP contribution in [0.4, 0.5) is 10.5 Å². The molecule has 1 aliphatic heterocycles.